The maximum atomic E-state index is 5.69. The first-order valence-electron chi connectivity index (χ1n) is 12.8. The lowest BCUT2D eigenvalue weighted by molar-refractivity contribution is 0.868. The van der Waals surface area contributed by atoms with E-state index in [4.69, 9.17) is 5.73 Å². The average molecular weight is 496 g/mol. The maximum Gasteiger partial charge on any atom is 0.139 e. The Morgan fingerprint density at radius 3 is 2.03 bits per heavy atom. The Morgan fingerprint density at radius 2 is 1.35 bits per heavy atom. The third-order valence-corrected chi connectivity index (χ3v) is 6.43. The molecular weight excluding hydrogens is 458 g/mol. The van der Waals surface area contributed by atoms with Crippen molar-refractivity contribution in [2.24, 2.45) is 0 Å². The molecular formula is C30H37N7. The molecule has 6 rings (SSSR count). The van der Waals surface area contributed by atoms with Crippen LogP contribution in [0.15, 0.2) is 67.4 Å². The number of nitrogens with two attached hydrogens (primary N) is 1. The van der Waals surface area contributed by atoms with Gasteiger partial charge in [-0.05, 0) is 70.8 Å². The number of rotatable bonds is 3. The summed E-state index contributed by atoms with van der Waals surface area (Å²) in [6.07, 6.45) is 7.41. The Labute approximate surface area is 218 Å². The monoisotopic (exact) mass is 495 g/mol. The predicted molar refractivity (Wildman–Crippen MR) is 155 cm³/mol. The van der Waals surface area contributed by atoms with E-state index in [-0.39, 0.29) is 0 Å². The van der Waals surface area contributed by atoms with Crippen molar-refractivity contribution in [3.8, 4) is 0 Å². The summed E-state index contributed by atoms with van der Waals surface area (Å²) in [7, 11) is 0. The van der Waals surface area contributed by atoms with Crippen molar-refractivity contribution in [2.45, 2.75) is 59.3 Å². The van der Waals surface area contributed by atoms with E-state index >= 15 is 0 Å². The van der Waals surface area contributed by atoms with Crippen LogP contribution in [0.4, 0.5) is 5.82 Å². The number of aromatic amines is 3. The smallest absolute Gasteiger partial charge is 0.139 e. The molecule has 0 amide bonds. The SMILES string of the molecule is CC(C)c1cc(N)nc2[nH]ccc12.CC(C)c1ccc2nc[nH]c2c1.CC(C)c1ccnc2[nH]ccc12. The van der Waals surface area contributed by atoms with Gasteiger partial charge in [0.25, 0.3) is 0 Å². The van der Waals surface area contributed by atoms with E-state index in [9.17, 15) is 0 Å². The molecule has 5 aromatic heterocycles. The molecule has 0 atom stereocenters. The van der Waals surface area contributed by atoms with Crippen molar-refractivity contribution >= 4 is 38.9 Å². The second-order valence-corrected chi connectivity index (χ2v) is 10.2. The van der Waals surface area contributed by atoms with Gasteiger partial charge in [0.15, 0.2) is 0 Å². The van der Waals surface area contributed by atoms with Crippen LogP contribution >= 0.6 is 0 Å². The summed E-state index contributed by atoms with van der Waals surface area (Å²) < 4.78 is 0. The molecule has 0 saturated carbocycles. The number of fused-ring (bicyclic) bond motifs is 3. The van der Waals surface area contributed by atoms with E-state index < -0.39 is 0 Å². The molecule has 5 heterocycles. The van der Waals surface area contributed by atoms with Crippen LogP contribution in [0, 0.1) is 0 Å². The van der Waals surface area contributed by atoms with Gasteiger partial charge in [-0.3, -0.25) is 0 Å². The zero-order valence-corrected chi connectivity index (χ0v) is 22.5. The molecule has 1 aromatic carbocycles. The van der Waals surface area contributed by atoms with Crippen LogP contribution in [-0.2, 0) is 0 Å². The predicted octanol–water partition coefficient (Wildman–Crippen LogP) is 7.64. The Hall–Kier alpha value is -4.13. The van der Waals surface area contributed by atoms with Crippen molar-refractivity contribution in [3.63, 3.8) is 0 Å². The van der Waals surface area contributed by atoms with Gasteiger partial charge in [0.1, 0.15) is 17.1 Å². The van der Waals surface area contributed by atoms with Gasteiger partial charge in [-0.1, -0.05) is 47.6 Å². The molecule has 6 aromatic rings. The van der Waals surface area contributed by atoms with E-state index in [1.54, 1.807) is 6.33 Å². The second kappa shape index (κ2) is 11.3. The molecule has 192 valence electrons. The van der Waals surface area contributed by atoms with Crippen molar-refractivity contribution < 1.29 is 0 Å². The van der Waals surface area contributed by atoms with Crippen molar-refractivity contribution in [2.75, 3.05) is 5.73 Å². The molecule has 0 aliphatic carbocycles. The van der Waals surface area contributed by atoms with Gasteiger partial charge in [0.05, 0.1) is 17.4 Å². The molecule has 37 heavy (non-hydrogen) atoms. The fourth-order valence-electron chi connectivity index (χ4n) is 4.36. The lowest BCUT2D eigenvalue weighted by Crippen LogP contribution is -1.95. The largest absolute Gasteiger partial charge is 0.384 e. The third kappa shape index (κ3) is 6.00. The minimum absolute atomic E-state index is 0.476. The molecule has 0 radical (unpaired) electrons. The summed E-state index contributed by atoms with van der Waals surface area (Å²) in [4.78, 5) is 21.9. The lowest BCUT2D eigenvalue weighted by atomic mass is 10.0. The number of hydrogen-bond acceptors (Lipinski definition) is 4. The van der Waals surface area contributed by atoms with Gasteiger partial charge >= 0.3 is 0 Å². The Kier molecular flexibility index (Phi) is 7.92. The number of aromatic nitrogens is 6. The minimum atomic E-state index is 0.476. The number of nitrogens with one attached hydrogen (secondary N) is 3. The van der Waals surface area contributed by atoms with E-state index in [2.05, 4.69) is 102 Å². The highest BCUT2D eigenvalue weighted by Gasteiger charge is 2.08. The highest BCUT2D eigenvalue weighted by atomic mass is 14.9. The zero-order chi connectivity index (χ0) is 26.5. The standard InChI is InChI=1S/C10H13N3.2C10H12N2/c1-6(2)8-5-9(11)13-10-7(8)3-4-12-10;1-7(2)8-3-5-11-10-9(8)4-6-12-10;1-7(2)8-3-4-9-10(5-8)12-6-11-9/h3-6H,1-2H3,(H3,11,12,13);2*3-7H,1-2H3,(H,11,12). The number of imidazole rings is 1. The molecule has 0 bridgehead atoms. The third-order valence-electron chi connectivity index (χ3n) is 6.43. The van der Waals surface area contributed by atoms with E-state index in [1.165, 1.54) is 27.5 Å². The van der Waals surface area contributed by atoms with E-state index in [0.717, 1.165) is 22.3 Å². The van der Waals surface area contributed by atoms with Crippen LogP contribution in [0.1, 0.15) is 76.0 Å². The Morgan fingerprint density at radius 1 is 0.676 bits per heavy atom. The van der Waals surface area contributed by atoms with E-state index in [1.807, 2.05) is 30.7 Å². The number of pyridine rings is 2. The van der Waals surface area contributed by atoms with Gasteiger partial charge in [-0.25, -0.2) is 15.0 Å². The van der Waals surface area contributed by atoms with Crippen molar-refractivity contribution in [3.05, 3.63) is 84.1 Å². The summed E-state index contributed by atoms with van der Waals surface area (Å²) in [5, 5.41) is 2.41. The average Bonchev–Trinajstić information content (AvgIpc) is 3.63. The van der Waals surface area contributed by atoms with Crippen LogP contribution < -0.4 is 5.73 Å². The summed E-state index contributed by atoms with van der Waals surface area (Å²) in [5.41, 5.74) is 13.7. The number of anilines is 1. The summed E-state index contributed by atoms with van der Waals surface area (Å²) in [5.74, 6) is 2.20. The fraction of sp³-hybridized carbons (Fsp3) is 0.300. The molecule has 0 aliphatic rings. The first kappa shape index (κ1) is 25.9. The van der Waals surface area contributed by atoms with Gasteiger partial charge in [-0.15, -0.1) is 0 Å². The molecule has 5 N–H and O–H groups in total. The summed E-state index contributed by atoms with van der Waals surface area (Å²) >= 11 is 0. The van der Waals surface area contributed by atoms with Crippen LogP contribution in [0.25, 0.3) is 33.1 Å². The zero-order valence-electron chi connectivity index (χ0n) is 22.5. The summed E-state index contributed by atoms with van der Waals surface area (Å²) in [6.45, 7) is 13.1. The number of benzene rings is 1. The molecule has 0 spiro atoms. The van der Waals surface area contributed by atoms with Crippen molar-refractivity contribution in [1.82, 2.24) is 29.9 Å². The summed E-state index contributed by atoms with van der Waals surface area (Å²) in [6, 6.07) is 14.5. The molecule has 7 nitrogen and oxygen atoms in total. The fourth-order valence-corrected chi connectivity index (χ4v) is 4.36. The van der Waals surface area contributed by atoms with Gasteiger partial charge in [-0.2, -0.15) is 0 Å². The minimum Gasteiger partial charge on any atom is -0.384 e. The number of nitrogens with zero attached hydrogens (tertiary/aromatic N) is 3. The highest BCUT2D eigenvalue weighted by Crippen LogP contribution is 2.25. The van der Waals surface area contributed by atoms with Crippen molar-refractivity contribution in [1.29, 1.82) is 0 Å². The normalized spacial score (nSPS) is 11.3. The van der Waals surface area contributed by atoms with Crippen LogP contribution in [-0.4, -0.2) is 29.9 Å². The van der Waals surface area contributed by atoms with Crippen LogP contribution in [0.5, 0.6) is 0 Å². The van der Waals surface area contributed by atoms with Crippen LogP contribution in [0.3, 0.4) is 0 Å². The topological polar surface area (TPSA) is 112 Å². The van der Waals surface area contributed by atoms with Gasteiger partial charge < -0.3 is 20.7 Å². The number of nitrogen functional groups attached to an aromatic ring is 1. The molecule has 0 fully saturated rings. The van der Waals surface area contributed by atoms with E-state index in [0.29, 0.717) is 23.6 Å². The van der Waals surface area contributed by atoms with Gasteiger partial charge in [0, 0.05) is 29.4 Å². The lowest BCUT2D eigenvalue weighted by Gasteiger charge is -2.07. The molecule has 7 heteroatoms. The molecule has 0 saturated heterocycles. The number of hydrogen-bond donors (Lipinski definition) is 4. The number of H-pyrrole nitrogens is 3. The second-order valence-electron chi connectivity index (χ2n) is 10.2. The Balaban J connectivity index is 0.000000130. The quantitative estimate of drug-likeness (QED) is 0.202. The molecule has 0 aliphatic heterocycles. The first-order chi connectivity index (χ1) is 17.7. The van der Waals surface area contributed by atoms with Gasteiger partial charge in [0.2, 0.25) is 0 Å². The highest BCUT2D eigenvalue weighted by molar-refractivity contribution is 5.82. The Bertz CT molecular complexity index is 1580. The van der Waals surface area contributed by atoms with Crippen LogP contribution in [0.2, 0.25) is 0 Å². The maximum absolute atomic E-state index is 5.69. The first-order valence-corrected chi connectivity index (χ1v) is 12.8. The molecule has 0 unspecified atom stereocenters.